The first-order chi connectivity index (χ1) is 10.8. The molecule has 1 aliphatic rings. The first-order valence-corrected chi connectivity index (χ1v) is 8.64. The summed E-state index contributed by atoms with van der Waals surface area (Å²) in [6.07, 6.45) is 1.99. The SMILES string of the molecule is CC(C)(C)CNCc1cccc(CN2CCCC(C(N)=O)C2)c1. The third-order valence-electron chi connectivity index (χ3n) is 4.29. The summed E-state index contributed by atoms with van der Waals surface area (Å²) in [4.78, 5) is 13.7. The smallest absolute Gasteiger partial charge is 0.221 e. The van der Waals surface area contributed by atoms with Crippen molar-refractivity contribution in [2.45, 2.75) is 46.7 Å². The molecule has 0 aromatic heterocycles. The highest BCUT2D eigenvalue weighted by Gasteiger charge is 2.23. The molecule has 4 nitrogen and oxygen atoms in total. The summed E-state index contributed by atoms with van der Waals surface area (Å²) >= 11 is 0. The monoisotopic (exact) mass is 317 g/mol. The van der Waals surface area contributed by atoms with E-state index in [0.29, 0.717) is 5.41 Å². The van der Waals surface area contributed by atoms with Crippen LogP contribution in [0.2, 0.25) is 0 Å². The summed E-state index contributed by atoms with van der Waals surface area (Å²) in [7, 11) is 0. The van der Waals surface area contributed by atoms with Gasteiger partial charge in [-0.15, -0.1) is 0 Å². The molecule has 4 heteroatoms. The molecule has 23 heavy (non-hydrogen) atoms. The summed E-state index contributed by atoms with van der Waals surface area (Å²) in [5.74, 6) is -0.143. The fraction of sp³-hybridized carbons (Fsp3) is 0.632. The molecule has 0 bridgehead atoms. The zero-order valence-electron chi connectivity index (χ0n) is 14.8. The fourth-order valence-electron chi connectivity index (χ4n) is 3.11. The molecule has 0 saturated carbocycles. The van der Waals surface area contributed by atoms with Crippen LogP contribution in [0.1, 0.15) is 44.7 Å². The number of carbonyl (C=O) groups is 1. The summed E-state index contributed by atoms with van der Waals surface area (Å²) in [6, 6.07) is 8.73. The Morgan fingerprint density at radius 3 is 2.78 bits per heavy atom. The van der Waals surface area contributed by atoms with E-state index in [1.807, 2.05) is 0 Å². The average Bonchev–Trinajstić information content (AvgIpc) is 2.46. The number of piperidine rings is 1. The Bertz CT molecular complexity index is 522. The Balaban J connectivity index is 1.88. The number of nitrogens with zero attached hydrogens (tertiary/aromatic N) is 1. The molecule has 1 aliphatic heterocycles. The Morgan fingerprint density at radius 2 is 2.09 bits per heavy atom. The summed E-state index contributed by atoms with van der Waals surface area (Å²) in [6.45, 7) is 11.4. The van der Waals surface area contributed by atoms with E-state index < -0.39 is 0 Å². The lowest BCUT2D eigenvalue weighted by atomic mass is 9.96. The van der Waals surface area contributed by atoms with Gasteiger partial charge in [-0.1, -0.05) is 45.0 Å². The van der Waals surface area contributed by atoms with Crippen LogP contribution in [0.4, 0.5) is 0 Å². The van der Waals surface area contributed by atoms with Crippen molar-refractivity contribution in [3.8, 4) is 0 Å². The minimum absolute atomic E-state index is 0.0142. The molecule has 1 saturated heterocycles. The van der Waals surface area contributed by atoms with E-state index in [-0.39, 0.29) is 11.8 Å². The molecular formula is C19H31N3O. The van der Waals surface area contributed by atoms with Gasteiger partial charge < -0.3 is 11.1 Å². The minimum atomic E-state index is -0.158. The van der Waals surface area contributed by atoms with Gasteiger partial charge in [0, 0.05) is 26.2 Å². The van der Waals surface area contributed by atoms with Crippen molar-refractivity contribution in [1.29, 1.82) is 0 Å². The Morgan fingerprint density at radius 1 is 1.35 bits per heavy atom. The molecule has 2 rings (SSSR count). The van der Waals surface area contributed by atoms with E-state index in [4.69, 9.17) is 5.73 Å². The van der Waals surface area contributed by atoms with Crippen LogP contribution in [0.25, 0.3) is 0 Å². The number of amides is 1. The molecule has 1 amide bonds. The van der Waals surface area contributed by atoms with Crippen LogP contribution in [0.5, 0.6) is 0 Å². The van der Waals surface area contributed by atoms with Gasteiger partial charge in [0.25, 0.3) is 0 Å². The van der Waals surface area contributed by atoms with Crippen LogP contribution in [-0.4, -0.2) is 30.4 Å². The van der Waals surface area contributed by atoms with Gasteiger partial charge in [-0.05, 0) is 35.9 Å². The fourth-order valence-corrected chi connectivity index (χ4v) is 3.11. The van der Waals surface area contributed by atoms with Crippen LogP contribution < -0.4 is 11.1 Å². The van der Waals surface area contributed by atoms with Crippen LogP contribution in [-0.2, 0) is 17.9 Å². The molecule has 1 fully saturated rings. The van der Waals surface area contributed by atoms with E-state index >= 15 is 0 Å². The predicted octanol–water partition coefficient (Wildman–Crippen LogP) is 2.52. The van der Waals surface area contributed by atoms with Crippen molar-refractivity contribution in [2.75, 3.05) is 19.6 Å². The summed E-state index contributed by atoms with van der Waals surface area (Å²) < 4.78 is 0. The van der Waals surface area contributed by atoms with Gasteiger partial charge >= 0.3 is 0 Å². The van der Waals surface area contributed by atoms with Crippen molar-refractivity contribution in [3.05, 3.63) is 35.4 Å². The molecule has 128 valence electrons. The molecule has 1 aromatic carbocycles. The number of benzene rings is 1. The van der Waals surface area contributed by atoms with Crippen LogP contribution >= 0.6 is 0 Å². The second kappa shape index (κ2) is 7.93. The third kappa shape index (κ3) is 6.32. The number of carbonyl (C=O) groups excluding carboxylic acids is 1. The van der Waals surface area contributed by atoms with E-state index in [2.05, 4.69) is 55.3 Å². The van der Waals surface area contributed by atoms with Gasteiger partial charge in [-0.2, -0.15) is 0 Å². The maximum atomic E-state index is 11.4. The number of nitrogens with two attached hydrogens (primary N) is 1. The van der Waals surface area contributed by atoms with Crippen molar-refractivity contribution < 1.29 is 4.79 Å². The lowest BCUT2D eigenvalue weighted by molar-refractivity contribution is -0.123. The largest absolute Gasteiger partial charge is 0.369 e. The highest BCUT2D eigenvalue weighted by Crippen LogP contribution is 2.19. The summed E-state index contributed by atoms with van der Waals surface area (Å²) in [5.41, 5.74) is 8.39. The highest BCUT2D eigenvalue weighted by atomic mass is 16.1. The van der Waals surface area contributed by atoms with E-state index in [9.17, 15) is 4.79 Å². The number of rotatable bonds is 6. The maximum absolute atomic E-state index is 11.4. The minimum Gasteiger partial charge on any atom is -0.369 e. The summed E-state index contributed by atoms with van der Waals surface area (Å²) in [5, 5.41) is 3.52. The Labute approximate surface area is 140 Å². The normalized spacial score (nSPS) is 19.7. The van der Waals surface area contributed by atoms with Gasteiger partial charge in [0.05, 0.1) is 5.92 Å². The van der Waals surface area contributed by atoms with Gasteiger partial charge in [-0.25, -0.2) is 0 Å². The van der Waals surface area contributed by atoms with E-state index in [1.165, 1.54) is 11.1 Å². The van der Waals surface area contributed by atoms with E-state index in [1.54, 1.807) is 0 Å². The first-order valence-electron chi connectivity index (χ1n) is 8.64. The number of hydrogen-bond donors (Lipinski definition) is 2. The maximum Gasteiger partial charge on any atom is 0.221 e. The molecular weight excluding hydrogens is 286 g/mol. The van der Waals surface area contributed by atoms with Crippen molar-refractivity contribution >= 4 is 5.91 Å². The number of nitrogens with one attached hydrogen (secondary N) is 1. The molecule has 0 spiro atoms. The van der Waals surface area contributed by atoms with Crippen molar-refractivity contribution in [3.63, 3.8) is 0 Å². The van der Waals surface area contributed by atoms with Gasteiger partial charge in [0.1, 0.15) is 0 Å². The van der Waals surface area contributed by atoms with Gasteiger partial charge in [-0.3, -0.25) is 9.69 Å². The van der Waals surface area contributed by atoms with E-state index in [0.717, 1.165) is 45.6 Å². The Kier molecular flexibility index (Phi) is 6.19. The molecule has 1 aromatic rings. The van der Waals surface area contributed by atoms with Crippen molar-refractivity contribution in [1.82, 2.24) is 10.2 Å². The van der Waals surface area contributed by atoms with Gasteiger partial charge in [0.15, 0.2) is 0 Å². The zero-order chi connectivity index (χ0) is 16.9. The number of primary amides is 1. The second-order valence-electron chi connectivity index (χ2n) is 7.96. The van der Waals surface area contributed by atoms with Gasteiger partial charge in [0.2, 0.25) is 5.91 Å². The molecule has 1 heterocycles. The van der Waals surface area contributed by atoms with Crippen molar-refractivity contribution in [2.24, 2.45) is 17.1 Å². The molecule has 0 aliphatic carbocycles. The van der Waals surface area contributed by atoms with Crippen LogP contribution in [0.15, 0.2) is 24.3 Å². The zero-order valence-corrected chi connectivity index (χ0v) is 14.8. The topological polar surface area (TPSA) is 58.4 Å². The standard InChI is InChI=1S/C19H31N3O/c1-19(2,3)14-21-11-15-6-4-7-16(10-15)12-22-9-5-8-17(13-22)18(20)23/h4,6-7,10,17,21H,5,8-9,11-14H2,1-3H3,(H2,20,23). The van der Waals surface area contributed by atoms with Crippen LogP contribution in [0, 0.1) is 11.3 Å². The quantitative estimate of drug-likeness (QED) is 0.847. The lowest BCUT2D eigenvalue weighted by Crippen LogP contribution is -2.40. The number of hydrogen-bond acceptors (Lipinski definition) is 3. The Hall–Kier alpha value is -1.39. The third-order valence-corrected chi connectivity index (χ3v) is 4.29. The lowest BCUT2D eigenvalue weighted by Gasteiger charge is -2.31. The average molecular weight is 317 g/mol. The number of likely N-dealkylation sites (tertiary alicyclic amines) is 1. The first kappa shape index (κ1) is 18.0. The molecule has 3 N–H and O–H groups in total. The predicted molar refractivity (Wildman–Crippen MR) is 94.8 cm³/mol. The van der Waals surface area contributed by atoms with Crippen LogP contribution in [0.3, 0.4) is 0 Å². The second-order valence-corrected chi connectivity index (χ2v) is 7.96. The molecule has 0 radical (unpaired) electrons. The molecule has 1 unspecified atom stereocenters. The molecule has 1 atom stereocenters. The highest BCUT2D eigenvalue weighted by molar-refractivity contribution is 5.76.